The number of aliphatic hydroxyl groups excluding tert-OH is 11. The number of hydrogen-bond donors (Lipinski definition) is 14. The van der Waals surface area contributed by atoms with Crippen molar-refractivity contribution in [2.75, 3.05) is 26.4 Å². The molecule has 18 atom stereocenters. The Morgan fingerprint density at radius 1 is 0.662 bits per heavy atom. The monoisotopic (exact) mass is 1110 g/mol. The summed E-state index contributed by atoms with van der Waals surface area (Å²) in [5.41, 5.74) is 5.96. The van der Waals surface area contributed by atoms with E-state index in [-0.39, 0.29) is 12.3 Å². The third-order valence-corrected chi connectivity index (χ3v) is 15.1. The van der Waals surface area contributed by atoms with Gasteiger partial charge in [-0.25, -0.2) is 4.79 Å². The van der Waals surface area contributed by atoms with E-state index in [0.717, 1.165) is 44.9 Å². The van der Waals surface area contributed by atoms with Crippen molar-refractivity contribution < 1.29 is 99.3 Å². The highest BCUT2D eigenvalue weighted by molar-refractivity contribution is 5.76. The van der Waals surface area contributed by atoms with E-state index in [4.69, 9.17) is 34.2 Å². The zero-order valence-corrected chi connectivity index (χ0v) is 46.1. The van der Waals surface area contributed by atoms with Gasteiger partial charge >= 0.3 is 5.97 Å². The van der Waals surface area contributed by atoms with Crippen molar-refractivity contribution in [2.24, 2.45) is 5.73 Å². The van der Waals surface area contributed by atoms with Gasteiger partial charge in [-0.15, -0.1) is 0 Å². The van der Waals surface area contributed by atoms with Gasteiger partial charge in [0.25, 0.3) is 5.79 Å². The molecule has 3 aliphatic heterocycles. The number of amides is 1. The fourth-order valence-electron chi connectivity index (χ4n) is 10.2. The normalized spacial score (nSPS) is 31.5. The molecule has 3 aliphatic rings. The van der Waals surface area contributed by atoms with E-state index in [1.807, 2.05) is 6.08 Å². The predicted molar refractivity (Wildman–Crippen MR) is 283 cm³/mol. The maximum atomic E-state index is 13.3. The minimum Gasteiger partial charge on any atom is -0.477 e. The van der Waals surface area contributed by atoms with Crippen LogP contribution in [0.5, 0.6) is 0 Å². The van der Waals surface area contributed by atoms with Crippen LogP contribution >= 0.6 is 0 Å². The number of carbonyl (C=O) groups excluding carboxylic acids is 1. The first-order valence-electron chi connectivity index (χ1n) is 29.2. The molecule has 22 heteroatoms. The molecule has 0 aromatic heterocycles. The van der Waals surface area contributed by atoms with Crippen LogP contribution < -0.4 is 11.1 Å². The zero-order valence-electron chi connectivity index (χ0n) is 46.1. The lowest BCUT2D eigenvalue weighted by molar-refractivity contribution is -0.386. The van der Waals surface area contributed by atoms with Gasteiger partial charge in [-0.05, 0) is 19.3 Å². The number of carboxylic acid groups (broad SMARTS) is 1. The molecule has 0 bridgehead atoms. The summed E-state index contributed by atoms with van der Waals surface area (Å²) >= 11 is 0. The maximum Gasteiger partial charge on any atom is 0.364 e. The Morgan fingerprint density at radius 2 is 1.17 bits per heavy atom. The Hall–Kier alpha value is -2.04. The highest BCUT2D eigenvalue weighted by atomic mass is 16.8. The molecule has 3 fully saturated rings. The van der Waals surface area contributed by atoms with Gasteiger partial charge in [0.1, 0.15) is 67.1 Å². The molecule has 0 aliphatic carbocycles. The number of hydrogen-bond acceptors (Lipinski definition) is 20. The van der Waals surface area contributed by atoms with Crippen LogP contribution in [0.1, 0.15) is 187 Å². The number of carbonyl (C=O) groups is 2. The van der Waals surface area contributed by atoms with Gasteiger partial charge in [0.05, 0.1) is 50.7 Å². The maximum absolute atomic E-state index is 13.3. The van der Waals surface area contributed by atoms with Crippen LogP contribution in [0.4, 0.5) is 0 Å². The van der Waals surface area contributed by atoms with Crippen molar-refractivity contribution in [3.05, 3.63) is 12.2 Å². The number of carboxylic acids is 1. The molecule has 0 aromatic rings. The van der Waals surface area contributed by atoms with Crippen molar-refractivity contribution in [2.45, 2.75) is 297 Å². The van der Waals surface area contributed by atoms with Gasteiger partial charge in [-0.3, -0.25) is 4.79 Å². The van der Waals surface area contributed by atoms with Gasteiger partial charge in [-0.2, -0.15) is 0 Å². The lowest BCUT2D eigenvalue weighted by Gasteiger charge is -2.50. The highest BCUT2D eigenvalue weighted by Crippen LogP contribution is 2.38. The van der Waals surface area contributed by atoms with E-state index >= 15 is 0 Å². The number of nitrogens with one attached hydrogen (secondary N) is 1. The van der Waals surface area contributed by atoms with Crippen molar-refractivity contribution >= 4 is 11.9 Å². The fourth-order valence-corrected chi connectivity index (χ4v) is 10.2. The number of aliphatic carboxylic acids is 1. The summed E-state index contributed by atoms with van der Waals surface area (Å²) in [5, 5.41) is 132. The summed E-state index contributed by atoms with van der Waals surface area (Å²) in [4.78, 5) is 26.1. The molecule has 3 saturated heterocycles. The largest absolute Gasteiger partial charge is 0.477 e. The van der Waals surface area contributed by atoms with Crippen molar-refractivity contribution in [1.29, 1.82) is 0 Å². The quantitative estimate of drug-likeness (QED) is 0.0308. The topological polar surface area (TPSA) is 370 Å². The van der Waals surface area contributed by atoms with Crippen molar-refractivity contribution in [3.8, 4) is 0 Å². The summed E-state index contributed by atoms with van der Waals surface area (Å²) in [6, 6.07) is -2.54. The molecule has 77 heavy (non-hydrogen) atoms. The van der Waals surface area contributed by atoms with Gasteiger partial charge in [-0.1, -0.05) is 167 Å². The van der Waals surface area contributed by atoms with Crippen LogP contribution in [-0.2, 0) is 38.0 Å². The number of allylic oxidation sites excluding steroid dienone is 1. The molecule has 0 unspecified atom stereocenters. The fraction of sp³-hybridized carbons (Fsp3) is 0.927. The lowest BCUT2D eigenvalue weighted by Crippen LogP contribution is -2.70. The summed E-state index contributed by atoms with van der Waals surface area (Å²) in [6.07, 6.45) is 3.82. The first-order chi connectivity index (χ1) is 37.0. The average molecular weight is 1110 g/mol. The average Bonchev–Trinajstić information content (AvgIpc) is 3.44. The second-order valence-corrected chi connectivity index (χ2v) is 21.6. The Balaban J connectivity index is 1.65. The molecule has 0 radical (unpaired) electrons. The smallest absolute Gasteiger partial charge is 0.364 e. The summed E-state index contributed by atoms with van der Waals surface area (Å²) in [5.74, 6) is -5.24. The summed E-state index contributed by atoms with van der Waals surface area (Å²) in [6.45, 7) is 1.16. The summed E-state index contributed by atoms with van der Waals surface area (Å²) in [7, 11) is 0. The summed E-state index contributed by atoms with van der Waals surface area (Å²) < 4.78 is 34.4. The predicted octanol–water partition coefficient (Wildman–Crippen LogP) is 2.21. The Morgan fingerprint density at radius 3 is 1.68 bits per heavy atom. The Bertz CT molecular complexity index is 1590. The molecular formula is C55H102N2O20. The minimum atomic E-state index is -2.99. The molecule has 0 aromatic carbocycles. The molecule has 3 heterocycles. The van der Waals surface area contributed by atoms with Crippen molar-refractivity contribution in [1.82, 2.24) is 5.32 Å². The number of rotatable bonds is 42. The lowest BCUT2D eigenvalue weighted by atomic mass is 9.88. The van der Waals surface area contributed by atoms with Gasteiger partial charge in [0.2, 0.25) is 5.91 Å². The van der Waals surface area contributed by atoms with E-state index < -0.39 is 149 Å². The molecular weight excluding hydrogens is 1010 g/mol. The molecule has 1 amide bonds. The second kappa shape index (κ2) is 38.6. The van der Waals surface area contributed by atoms with E-state index in [9.17, 15) is 70.9 Å². The van der Waals surface area contributed by atoms with Crippen LogP contribution in [0.3, 0.4) is 0 Å². The standard InChI is InChI=1S/C55H102N2O20/c1-3-5-7-9-11-13-15-17-19-21-23-25-27-29-37(61)36(57-42(64)30-28-26-24-22-20-18-16-14-12-10-8-6-4-2)35-72-52-47(68)46(67)49(41(34-60)74-52)75-53-48(69)51(45(66)40(33-59)73-53)77-55(54(70)71)31-38(62)43(56)50(76-55)44(65)39(63)32-58/h27,29,36-41,43-53,58-63,65-69H,3-26,28,30-35,56H2,1-2H3,(H,57,64)(H,70,71)/b29-27+/t36-,37-,38+,39-,40-,41-,43-,44-,45+,46-,47-,48-,49-,50-,51+,52-,53+,55+/m1/s1. The molecule has 452 valence electrons. The van der Waals surface area contributed by atoms with Crippen molar-refractivity contribution in [3.63, 3.8) is 0 Å². The van der Waals surface area contributed by atoms with Gasteiger partial charge < -0.3 is 101 Å². The molecule has 0 saturated carbocycles. The number of aliphatic hydroxyl groups is 11. The number of unbranched alkanes of at least 4 members (excludes halogenated alkanes) is 23. The molecule has 22 nitrogen and oxygen atoms in total. The van der Waals surface area contributed by atoms with E-state index in [1.54, 1.807) is 6.08 Å². The van der Waals surface area contributed by atoms with E-state index in [2.05, 4.69) is 19.2 Å². The second-order valence-electron chi connectivity index (χ2n) is 21.6. The zero-order chi connectivity index (χ0) is 56.8. The van der Waals surface area contributed by atoms with Crippen LogP contribution in [0.25, 0.3) is 0 Å². The first kappa shape index (κ1) is 69.2. The SMILES string of the molecule is CCCCCCCCCCCCC/C=C/[C@@H](O)[C@@H](CO[C@@H]1O[C@H](CO)[C@@H](O[C@@H]2O[C@H](CO)[C@H](O)[C@H](O[C@]3(C(=O)O)C[C@H](O)[C@@H](N)[C@H]([C@H](O)[C@H](O)CO)O3)[C@H]2O)[C@H](O)[C@H]1O)NC(=O)CCCCCCCCCCCCCCC. The minimum absolute atomic E-state index is 0.213. The molecule has 3 rings (SSSR count). The molecule has 15 N–H and O–H groups in total. The van der Waals surface area contributed by atoms with E-state index in [1.165, 1.54) is 103 Å². The van der Waals surface area contributed by atoms with E-state index in [0.29, 0.717) is 12.8 Å². The highest BCUT2D eigenvalue weighted by Gasteiger charge is 2.59. The van der Waals surface area contributed by atoms with Gasteiger partial charge in [0, 0.05) is 12.8 Å². The number of ether oxygens (including phenoxy) is 6. The van der Waals surface area contributed by atoms with Crippen LogP contribution in [-0.4, -0.2) is 209 Å². The van der Waals surface area contributed by atoms with Gasteiger partial charge in [0.15, 0.2) is 12.6 Å². The third kappa shape index (κ3) is 23.4. The van der Waals surface area contributed by atoms with Crippen LogP contribution in [0, 0.1) is 0 Å². The van der Waals surface area contributed by atoms with Crippen LogP contribution in [0.15, 0.2) is 12.2 Å². The number of nitrogens with two attached hydrogens (primary N) is 1. The van der Waals surface area contributed by atoms with Crippen LogP contribution in [0.2, 0.25) is 0 Å². The Kier molecular flexibility index (Phi) is 34.7. The Labute approximate surface area is 456 Å². The molecule has 0 spiro atoms. The third-order valence-electron chi connectivity index (χ3n) is 15.1. The first-order valence-corrected chi connectivity index (χ1v) is 29.2.